The Morgan fingerprint density at radius 2 is 2.11 bits per heavy atom. The van der Waals surface area contributed by atoms with Gasteiger partial charge in [-0.15, -0.1) is 0 Å². The summed E-state index contributed by atoms with van der Waals surface area (Å²) in [5.41, 5.74) is 7.80. The van der Waals surface area contributed by atoms with Gasteiger partial charge in [0, 0.05) is 19.3 Å². The molecule has 94 valence electrons. The van der Waals surface area contributed by atoms with Gasteiger partial charge in [0.1, 0.15) is 5.75 Å². The zero-order chi connectivity index (χ0) is 13.1. The smallest absolute Gasteiger partial charge is 0.255 e. The molecular weight excluding hydrogens is 233 g/mol. The monoisotopic (exact) mass is 247 g/mol. The van der Waals surface area contributed by atoms with E-state index in [0.717, 1.165) is 11.3 Å². The Morgan fingerprint density at radius 3 is 2.78 bits per heavy atom. The van der Waals surface area contributed by atoms with Crippen molar-refractivity contribution in [1.82, 2.24) is 4.98 Å². The molecule has 0 atom stereocenters. The van der Waals surface area contributed by atoms with Crippen molar-refractivity contribution in [2.45, 2.75) is 6.92 Å². The second-order valence-corrected chi connectivity index (χ2v) is 3.90. The highest BCUT2D eigenvalue weighted by Gasteiger charge is 2.08. The lowest BCUT2D eigenvalue weighted by Crippen LogP contribution is -1.97. The molecular formula is C13H14FN3O. The summed E-state index contributed by atoms with van der Waals surface area (Å²) in [5.74, 6) is -0.0611. The van der Waals surface area contributed by atoms with Crippen molar-refractivity contribution in [3.05, 3.63) is 41.8 Å². The first-order valence-electron chi connectivity index (χ1n) is 5.47. The Morgan fingerprint density at radius 1 is 1.33 bits per heavy atom. The standard InChI is InChI=1S/C13H14FN3O/c1-8-5-10(14)13(17-7-8)18-9-3-4-11(15)12(6-9)16-2/h3-7,16H,15H2,1-2H3. The van der Waals surface area contributed by atoms with E-state index in [4.69, 9.17) is 10.5 Å². The fourth-order valence-electron chi connectivity index (χ4n) is 1.52. The van der Waals surface area contributed by atoms with Gasteiger partial charge in [0.25, 0.3) is 5.88 Å². The molecule has 0 unspecified atom stereocenters. The Bertz CT molecular complexity index is 572. The minimum atomic E-state index is -0.488. The van der Waals surface area contributed by atoms with Crippen LogP contribution < -0.4 is 15.8 Å². The largest absolute Gasteiger partial charge is 0.436 e. The Labute approximate surface area is 105 Å². The van der Waals surface area contributed by atoms with Gasteiger partial charge in [0.05, 0.1) is 11.4 Å². The second kappa shape index (κ2) is 4.91. The minimum absolute atomic E-state index is 0.0487. The molecule has 2 aromatic rings. The third-order valence-electron chi connectivity index (χ3n) is 2.45. The molecule has 5 heteroatoms. The van der Waals surface area contributed by atoms with Crippen molar-refractivity contribution >= 4 is 11.4 Å². The molecule has 0 fully saturated rings. The van der Waals surface area contributed by atoms with E-state index in [1.807, 2.05) is 0 Å². The number of aryl methyl sites for hydroxylation is 1. The topological polar surface area (TPSA) is 60.2 Å². The van der Waals surface area contributed by atoms with Gasteiger partial charge in [0.15, 0.2) is 5.82 Å². The number of ether oxygens (including phenoxy) is 1. The van der Waals surface area contributed by atoms with Gasteiger partial charge in [-0.1, -0.05) is 0 Å². The summed E-state index contributed by atoms with van der Waals surface area (Å²) in [4.78, 5) is 3.90. The normalized spacial score (nSPS) is 10.2. The number of pyridine rings is 1. The number of hydrogen-bond acceptors (Lipinski definition) is 4. The van der Waals surface area contributed by atoms with E-state index >= 15 is 0 Å². The molecule has 1 heterocycles. The maximum absolute atomic E-state index is 13.6. The molecule has 4 nitrogen and oxygen atoms in total. The lowest BCUT2D eigenvalue weighted by molar-refractivity contribution is 0.422. The quantitative estimate of drug-likeness (QED) is 0.819. The molecule has 0 spiro atoms. The fourth-order valence-corrected chi connectivity index (χ4v) is 1.52. The van der Waals surface area contributed by atoms with E-state index in [0.29, 0.717) is 11.4 Å². The highest BCUT2D eigenvalue weighted by molar-refractivity contribution is 5.68. The minimum Gasteiger partial charge on any atom is -0.436 e. The van der Waals surface area contributed by atoms with Crippen LogP contribution in [-0.2, 0) is 0 Å². The first-order valence-corrected chi connectivity index (χ1v) is 5.47. The summed E-state index contributed by atoms with van der Waals surface area (Å²) in [5, 5.41) is 2.93. The SMILES string of the molecule is CNc1cc(Oc2ncc(C)cc2F)ccc1N. The lowest BCUT2D eigenvalue weighted by atomic mass is 10.2. The van der Waals surface area contributed by atoms with Crippen molar-refractivity contribution in [3.63, 3.8) is 0 Å². The van der Waals surface area contributed by atoms with Gasteiger partial charge < -0.3 is 15.8 Å². The molecule has 3 N–H and O–H groups in total. The average molecular weight is 247 g/mol. The third-order valence-corrected chi connectivity index (χ3v) is 2.45. The summed E-state index contributed by atoms with van der Waals surface area (Å²) < 4.78 is 18.9. The van der Waals surface area contributed by atoms with Crippen molar-refractivity contribution in [3.8, 4) is 11.6 Å². The number of nitrogen functional groups attached to an aromatic ring is 1. The van der Waals surface area contributed by atoms with Crippen molar-refractivity contribution in [2.75, 3.05) is 18.1 Å². The molecule has 0 bridgehead atoms. The highest BCUT2D eigenvalue weighted by Crippen LogP contribution is 2.28. The molecule has 1 aromatic heterocycles. The second-order valence-electron chi connectivity index (χ2n) is 3.90. The summed E-state index contributed by atoms with van der Waals surface area (Å²) in [6.45, 7) is 1.77. The Balaban J connectivity index is 2.28. The van der Waals surface area contributed by atoms with E-state index in [2.05, 4.69) is 10.3 Å². The van der Waals surface area contributed by atoms with Crippen LogP contribution in [0.4, 0.5) is 15.8 Å². The van der Waals surface area contributed by atoms with E-state index in [1.54, 1.807) is 38.4 Å². The predicted octanol–water partition coefficient (Wildman–Crippen LogP) is 2.95. The zero-order valence-electron chi connectivity index (χ0n) is 10.2. The van der Waals surface area contributed by atoms with E-state index in [-0.39, 0.29) is 5.88 Å². The van der Waals surface area contributed by atoms with Crippen LogP contribution in [0.25, 0.3) is 0 Å². The van der Waals surface area contributed by atoms with Crippen LogP contribution in [0, 0.1) is 12.7 Å². The summed E-state index contributed by atoms with van der Waals surface area (Å²) in [6, 6.07) is 6.42. The van der Waals surface area contributed by atoms with Gasteiger partial charge >= 0.3 is 0 Å². The maximum atomic E-state index is 13.6. The number of benzene rings is 1. The molecule has 0 aliphatic rings. The van der Waals surface area contributed by atoms with E-state index < -0.39 is 5.82 Å². The van der Waals surface area contributed by atoms with Crippen molar-refractivity contribution in [2.24, 2.45) is 0 Å². The molecule has 0 amide bonds. The van der Waals surface area contributed by atoms with Gasteiger partial charge in [-0.05, 0) is 30.7 Å². The van der Waals surface area contributed by atoms with Crippen LogP contribution in [0.2, 0.25) is 0 Å². The molecule has 0 saturated carbocycles. The number of nitrogens with one attached hydrogen (secondary N) is 1. The average Bonchev–Trinajstić information content (AvgIpc) is 2.35. The summed E-state index contributed by atoms with van der Waals surface area (Å²) >= 11 is 0. The van der Waals surface area contributed by atoms with Gasteiger partial charge in [-0.3, -0.25) is 0 Å². The number of nitrogens with zero attached hydrogens (tertiary/aromatic N) is 1. The van der Waals surface area contributed by atoms with Gasteiger partial charge in [-0.25, -0.2) is 9.37 Å². The van der Waals surface area contributed by atoms with Crippen LogP contribution in [0.5, 0.6) is 11.6 Å². The number of nitrogens with two attached hydrogens (primary N) is 1. The zero-order valence-corrected chi connectivity index (χ0v) is 10.2. The van der Waals surface area contributed by atoms with Crippen LogP contribution >= 0.6 is 0 Å². The van der Waals surface area contributed by atoms with Crippen molar-refractivity contribution < 1.29 is 9.13 Å². The molecule has 0 saturated heterocycles. The van der Waals surface area contributed by atoms with E-state index in [9.17, 15) is 4.39 Å². The first-order chi connectivity index (χ1) is 8.60. The number of rotatable bonds is 3. The predicted molar refractivity (Wildman–Crippen MR) is 69.4 cm³/mol. The molecule has 2 rings (SSSR count). The molecule has 18 heavy (non-hydrogen) atoms. The van der Waals surface area contributed by atoms with Crippen molar-refractivity contribution in [1.29, 1.82) is 0 Å². The molecule has 0 aliphatic carbocycles. The number of hydrogen-bond donors (Lipinski definition) is 2. The number of halogens is 1. The summed E-state index contributed by atoms with van der Waals surface area (Å²) in [7, 11) is 1.75. The van der Waals surface area contributed by atoms with Gasteiger partial charge in [-0.2, -0.15) is 0 Å². The van der Waals surface area contributed by atoms with Crippen LogP contribution in [0.15, 0.2) is 30.5 Å². The van der Waals surface area contributed by atoms with Gasteiger partial charge in [0.2, 0.25) is 0 Å². The van der Waals surface area contributed by atoms with Crippen LogP contribution in [0.1, 0.15) is 5.56 Å². The third kappa shape index (κ3) is 2.51. The van der Waals surface area contributed by atoms with E-state index in [1.165, 1.54) is 6.07 Å². The van der Waals surface area contributed by atoms with Crippen LogP contribution in [0.3, 0.4) is 0 Å². The number of aromatic nitrogens is 1. The highest BCUT2D eigenvalue weighted by atomic mass is 19.1. The summed E-state index contributed by atoms with van der Waals surface area (Å²) in [6.07, 6.45) is 1.55. The molecule has 0 aliphatic heterocycles. The lowest BCUT2D eigenvalue weighted by Gasteiger charge is -2.09. The Kier molecular flexibility index (Phi) is 3.32. The molecule has 0 radical (unpaired) electrons. The fraction of sp³-hybridized carbons (Fsp3) is 0.154. The van der Waals surface area contributed by atoms with Crippen LogP contribution in [-0.4, -0.2) is 12.0 Å². The number of anilines is 2. The molecule has 1 aromatic carbocycles. The Hall–Kier alpha value is -2.30. The maximum Gasteiger partial charge on any atom is 0.255 e. The first kappa shape index (κ1) is 12.2.